The highest BCUT2D eigenvalue weighted by atomic mass is 32.1. The van der Waals surface area contributed by atoms with Crippen molar-refractivity contribution in [3.8, 4) is 6.07 Å². The fourth-order valence-electron chi connectivity index (χ4n) is 1.43. The highest BCUT2D eigenvalue weighted by Crippen LogP contribution is 2.20. The lowest BCUT2D eigenvalue weighted by molar-refractivity contribution is 0.0750. The Kier molecular flexibility index (Phi) is 4.51. The van der Waals surface area contributed by atoms with Crippen LogP contribution < -0.4 is 0 Å². The summed E-state index contributed by atoms with van der Waals surface area (Å²) in [5, 5.41) is 10.6. The van der Waals surface area contributed by atoms with Crippen molar-refractivity contribution in [2.45, 2.75) is 32.7 Å². The summed E-state index contributed by atoms with van der Waals surface area (Å²) in [4.78, 5) is 14.6. The van der Waals surface area contributed by atoms with Crippen LogP contribution in [-0.2, 0) is 6.42 Å². The topological polar surface area (TPSA) is 44.1 Å². The summed E-state index contributed by atoms with van der Waals surface area (Å²) in [6.07, 6.45) is 1.24. The Morgan fingerprint density at radius 2 is 2.38 bits per heavy atom. The lowest BCUT2D eigenvalue weighted by Gasteiger charge is -2.22. The molecule has 0 aromatic carbocycles. The minimum atomic E-state index is -0.0377. The lowest BCUT2D eigenvalue weighted by atomic mass is 10.1. The molecule has 0 N–H and O–H groups in total. The maximum Gasteiger partial charge on any atom is 0.264 e. The van der Waals surface area contributed by atoms with Crippen LogP contribution in [0.1, 0.15) is 35.5 Å². The zero-order chi connectivity index (χ0) is 12.1. The van der Waals surface area contributed by atoms with E-state index in [1.165, 1.54) is 11.3 Å². The van der Waals surface area contributed by atoms with Crippen molar-refractivity contribution in [1.29, 1.82) is 5.26 Å². The molecule has 0 aliphatic rings. The summed E-state index contributed by atoms with van der Waals surface area (Å²) < 4.78 is 0. The summed E-state index contributed by atoms with van der Waals surface area (Å²) in [6, 6.07) is 4.04. The van der Waals surface area contributed by atoms with Crippen molar-refractivity contribution in [2.24, 2.45) is 0 Å². The summed E-state index contributed by atoms with van der Waals surface area (Å²) >= 11 is 1.47. The molecule has 4 heteroatoms. The van der Waals surface area contributed by atoms with Gasteiger partial charge in [0.25, 0.3) is 5.91 Å². The van der Waals surface area contributed by atoms with Crippen molar-refractivity contribution in [2.75, 3.05) is 7.05 Å². The van der Waals surface area contributed by atoms with Crippen molar-refractivity contribution in [3.63, 3.8) is 0 Å². The van der Waals surface area contributed by atoms with Crippen LogP contribution in [0.5, 0.6) is 0 Å². The SMILES string of the molecule is CCc1ccsc1C(=O)N(C)[C@H](C)CC#N. The third-order valence-electron chi connectivity index (χ3n) is 2.69. The molecule has 0 spiro atoms. The standard InChI is InChI=1S/C12H16N2OS/c1-4-10-6-8-16-11(10)12(15)14(3)9(2)5-7-13/h6,8-9H,4-5H2,1-3H3/t9-/m1/s1. The second kappa shape index (κ2) is 5.66. The van der Waals surface area contributed by atoms with Gasteiger partial charge >= 0.3 is 0 Å². The fraction of sp³-hybridized carbons (Fsp3) is 0.500. The normalized spacial score (nSPS) is 11.9. The number of nitriles is 1. The number of amides is 1. The molecular weight excluding hydrogens is 220 g/mol. The largest absolute Gasteiger partial charge is 0.337 e. The van der Waals surface area contributed by atoms with Crippen molar-refractivity contribution in [3.05, 3.63) is 21.9 Å². The Hall–Kier alpha value is -1.34. The van der Waals surface area contributed by atoms with Crippen LogP contribution in [0.2, 0.25) is 0 Å². The number of rotatable bonds is 4. The third-order valence-corrected chi connectivity index (χ3v) is 3.63. The first-order valence-corrected chi connectivity index (χ1v) is 6.20. The number of aryl methyl sites for hydroxylation is 1. The van der Waals surface area contributed by atoms with Crippen molar-refractivity contribution >= 4 is 17.2 Å². The minimum Gasteiger partial charge on any atom is -0.337 e. The predicted molar refractivity (Wildman–Crippen MR) is 65.5 cm³/mol. The average Bonchev–Trinajstić information content (AvgIpc) is 2.75. The van der Waals surface area contributed by atoms with E-state index in [0.717, 1.165) is 16.9 Å². The number of carbonyl (C=O) groups excluding carboxylic acids is 1. The summed E-state index contributed by atoms with van der Waals surface area (Å²) in [7, 11) is 1.75. The van der Waals surface area contributed by atoms with Crippen LogP contribution in [-0.4, -0.2) is 23.9 Å². The molecule has 1 aromatic rings. The Balaban J connectivity index is 2.82. The third kappa shape index (κ3) is 2.61. The average molecular weight is 236 g/mol. The number of hydrogen-bond acceptors (Lipinski definition) is 3. The van der Waals surface area contributed by atoms with E-state index in [1.54, 1.807) is 11.9 Å². The van der Waals surface area contributed by atoms with Gasteiger partial charge in [0.15, 0.2) is 0 Å². The first-order valence-electron chi connectivity index (χ1n) is 5.32. The van der Waals surface area contributed by atoms with E-state index >= 15 is 0 Å². The van der Waals surface area contributed by atoms with Crippen LogP contribution in [0.4, 0.5) is 0 Å². The number of nitrogens with zero attached hydrogens (tertiary/aromatic N) is 2. The molecule has 1 atom stereocenters. The van der Waals surface area contributed by atoms with Crippen LogP contribution in [0, 0.1) is 11.3 Å². The van der Waals surface area contributed by atoms with Gasteiger partial charge < -0.3 is 4.90 Å². The predicted octanol–water partition coefficient (Wildman–Crippen LogP) is 2.68. The summed E-state index contributed by atoms with van der Waals surface area (Å²) in [6.45, 7) is 3.93. The Bertz CT molecular complexity index is 405. The van der Waals surface area contributed by atoms with Gasteiger partial charge in [0.05, 0.1) is 17.4 Å². The van der Waals surface area contributed by atoms with Crippen LogP contribution >= 0.6 is 11.3 Å². The number of carbonyl (C=O) groups is 1. The second-order valence-corrected chi connectivity index (χ2v) is 4.67. The number of thiophene rings is 1. The van der Waals surface area contributed by atoms with E-state index < -0.39 is 0 Å². The van der Waals surface area contributed by atoms with E-state index in [-0.39, 0.29) is 11.9 Å². The van der Waals surface area contributed by atoms with Crippen molar-refractivity contribution < 1.29 is 4.79 Å². The van der Waals surface area contributed by atoms with Gasteiger partial charge in [0.1, 0.15) is 0 Å². The highest BCUT2D eigenvalue weighted by Gasteiger charge is 2.20. The molecular formula is C12H16N2OS. The molecule has 0 saturated heterocycles. The maximum absolute atomic E-state index is 12.1. The van der Waals surface area contributed by atoms with E-state index in [9.17, 15) is 4.79 Å². The van der Waals surface area contributed by atoms with E-state index in [4.69, 9.17) is 5.26 Å². The molecule has 16 heavy (non-hydrogen) atoms. The van der Waals surface area contributed by atoms with Gasteiger partial charge in [0, 0.05) is 13.1 Å². The molecule has 0 bridgehead atoms. The van der Waals surface area contributed by atoms with E-state index in [0.29, 0.717) is 6.42 Å². The summed E-state index contributed by atoms with van der Waals surface area (Å²) in [5.41, 5.74) is 1.09. The van der Waals surface area contributed by atoms with Gasteiger partial charge in [0.2, 0.25) is 0 Å². The van der Waals surface area contributed by atoms with Crippen LogP contribution in [0.3, 0.4) is 0 Å². The van der Waals surface area contributed by atoms with Gasteiger partial charge in [-0.25, -0.2) is 0 Å². The van der Waals surface area contributed by atoms with Gasteiger partial charge in [-0.15, -0.1) is 11.3 Å². The smallest absolute Gasteiger partial charge is 0.264 e. The molecule has 0 fully saturated rings. The Morgan fingerprint density at radius 3 is 2.94 bits per heavy atom. The molecule has 1 rings (SSSR count). The zero-order valence-electron chi connectivity index (χ0n) is 9.86. The first kappa shape index (κ1) is 12.7. The summed E-state index contributed by atoms with van der Waals surface area (Å²) in [5.74, 6) is 0.0228. The van der Waals surface area contributed by atoms with E-state index in [1.807, 2.05) is 25.3 Å². The molecule has 3 nitrogen and oxygen atoms in total. The molecule has 0 aliphatic heterocycles. The van der Waals surface area contributed by atoms with E-state index in [2.05, 4.69) is 6.07 Å². The molecule has 1 aromatic heterocycles. The van der Waals surface area contributed by atoms with Gasteiger partial charge in [-0.1, -0.05) is 6.92 Å². The molecule has 0 unspecified atom stereocenters. The molecule has 0 saturated carbocycles. The minimum absolute atomic E-state index is 0.0228. The first-order chi connectivity index (χ1) is 7.61. The number of hydrogen-bond donors (Lipinski definition) is 0. The highest BCUT2D eigenvalue weighted by molar-refractivity contribution is 7.12. The van der Waals surface area contributed by atoms with Crippen LogP contribution in [0.15, 0.2) is 11.4 Å². The van der Waals surface area contributed by atoms with Gasteiger partial charge in [-0.3, -0.25) is 4.79 Å². The van der Waals surface area contributed by atoms with Crippen molar-refractivity contribution in [1.82, 2.24) is 4.90 Å². The molecule has 1 heterocycles. The maximum atomic E-state index is 12.1. The van der Waals surface area contributed by atoms with Crippen LogP contribution in [0.25, 0.3) is 0 Å². The molecule has 1 amide bonds. The van der Waals surface area contributed by atoms with Gasteiger partial charge in [-0.2, -0.15) is 5.26 Å². The second-order valence-electron chi connectivity index (χ2n) is 3.76. The van der Waals surface area contributed by atoms with Gasteiger partial charge in [-0.05, 0) is 30.4 Å². The zero-order valence-corrected chi connectivity index (χ0v) is 10.7. The molecule has 86 valence electrons. The molecule has 0 aliphatic carbocycles. The quantitative estimate of drug-likeness (QED) is 0.806. The lowest BCUT2D eigenvalue weighted by Crippen LogP contribution is -2.34. The molecule has 0 radical (unpaired) electrons. The fourth-order valence-corrected chi connectivity index (χ4v) is 2.41. The Labute approximate surface area is 100 Å². The monoisotopic (exact) mass is 236 g/mol. The Morgan fingerprint density at radius 1 is 1.69 bits per heavy atom.